The third-order valence-electron chi connectivity index (χ3n) is 4.96. The van der Waals surface area contributed by atoms with Gasteiger partial charge in [-0.3, -0.25) is 4.90 Å². The molecule has 0 aliphatic rings. The van der Waals surface area contributed by atoms with E-state index in [1.807, 2.05) is 12.1 Å². The molecule has 0 aromatic heterocycles. The summed E-state index contributed by atoms with van der Waals surface area (Å²) in [7, 11) is 2.04. The molecule has 3 nitrogen and oxygen atoms in total. The third kappa shape index (κ3) is 11.9. The predicted octanol–water partition coefficient (Wildman–Crippen LogP) is 6.16. The highest BCUT2D eigenvalue weighted by atomic mass is 15.4. The molecule has 2 unspecified atom stereocenters. The highest BCUT2D eigenvalue weighted by Crippen LogP contribution is 2.16. The summed E-state index contributed by atoms with van der Waals surface area (Å²) in [6, 6.07) is 0. The molecule has 0 N–H and O–H groups in total. The molecule has 0 spiro atoms. The van der Waals surface area contributed by atoms with Crippen LogP contribution in [0.2, 0.25) is 0 Å². The molecule has 0 saturated heterocycles. The van der Waals surface area contributed by atoms with E-state index in [2.05, 4.69) is 89.0 Å². The maximum atomic E-state index is 4.54. The first kappa shape index (κ1) is 25.6. The third-order valence-corrected chi connectivity index (χ3v) is 4.96. The van der Waals surface area contributed by atoms with E-state index in [0.717, 1.165) is 19.5 Å². The molecule has 0 aromatic carbocycles. The van der Waals surface area contributed by atoms with Crippen molar-refractivity contribution >= 4 is 6.21 Å². The first-order chi connectivity index (χ1) is 12.9. The second kappa shape index (κ2) is 15.7. The van der Waals surface area contributed by atoms with Gasteiger partial charge in [-0.2, -0.15) is 5.10 Å². The minimum absolute atomic E-state index is 0.424. The van der Waals surface area contributed by atoms with Gasteiger partial charge in [-0.15, -0.1) is 0 Å². The fraction of sp³-hybridized carbons (Fsp3) is 0.708. The fourth-order valence-electron chi connectivity index (χ4n) is 2.93. The predicted molar refractivity (Wildman–Crippen MR) is 123 cm³/mol. The van der Waals surface area contributed by atoms with Gasteiger partial charge in [-0.25, -0.2) is 0 Å². The van der Waals surface area contributed by atoms with Crippen LogP contribution in [0.25, 0.3) is 0 Å². The molecule has 0 bridgehead atoms. The summed E-state index contributed by atoms with van der Waals surface area (Å²) in [5, 5.41) is 6.57. The zero-order valence-electron chi connectivity index (χ0n) is 19.3. The Kier molecular flexibility index (Phi) is 14.9. The second-order valence-corrected chi connectivity index (χ2v) is 7.65. The first-order valence-corrected chi connectivity index (χ1v) is 10.9. The lowest BCUT2D eigenvalue weighted by Gasteiger charge is -2.19. The first-order valence-electron chi connectivity index (χ1n) is 10.9. The molecule has 0 aromatic rings. The van der Waals surface area contributed by atoms with Gasteiger partial charge in [0.2, 0.25) is 0 Å². The molecule has 0 rings (SSSR count). The second-order valence-electron chi connectivity index (χ2n) is 7.65. The summed E-state index contributed by atoms with van der Waals surface area (Å²) in [4.78, 5) is 2.54. The molecule has 27 heavy (non-hydrogen) atoms. The van der Waals surface area contributed by atoms with Crippen molar-refractivity contribution in [3.8, 4) is 0 Å². The van der Waals surface area contributed by atoms with E-state index in [1.165, 1.54) is 37.1 Å². The highest BCUT2D eigenvalue weighted by molar-refractivity contribution is 5.60. The van der Waals surface area contributed by atoms with Crippen LogP contribution in [0.15, 0.2) is 40.6 Å². The average Bonchev–Trinajstić information content (AvgIpc) is 2.65. The van der Waals surface area contributed by atoms with E-state index in [0.29, 0.717) is 11.8 Å². The van der Waals surface area contributed by atoms with Crippen LogP contribution < -0.4 is 0 Å². The number of nitrogens with zero attached hydrogens (tertiary/aromatic N) is 3. The van der Waals surface area contributed by atoms with Gasteiger partial charge in [0.15, 0.2) is 0 Å². The Morgan fingerprint density at radius 1 is 0.963 bits per heavy atom. The number of allylic oxidation sites excluding steroid dienone is 5. The molecule has 0 fully saturated rings. The van der Waals surface area contributed by atoms with Gasteiger partial charge in [0, 0.05) is 26.4 Å². The summed E-state index contributed by atoms with van der Waals surface area (Å²) in [5.74, 6) is 0.885. The fourth-order valence-corrected chi connectivity index (χ4v) is 2.93. The number of hydrazone groups is 1. The van der Waals surface area contributed by atoms with E-state index in [9.17, 15) is 0 Å². The molecule has 3 heteroatoms. The molecule has 0 amide bonds. The van der Waals surface area contributed by atoms with E-state index in [4.69, 9.17) is 0 Å². The van der Waals surface area contributed by atoms with Crippen LogP contribution in [0, 0.1) is 11.8 Å². The van der Waals surface area contributed by atoms with Gasteiger partial charge in [-0.05, 0) is 69.2 Å². The van der Waals surface area contributed by atoms with Crippen LogP contribution in [-0.2, 0) is 0 Å². The lowest BCUT2D eigenvalue weighted by atomic mass is 9.95. The van der Waals surface area contributed by atoms with E-state index in [-0.39, 0.29) is 0 Å². The standard InChI is InChI=1S/C24H45N3/c1-9-16-26(8)25-20-23(7)21(5)13-14-24(12-4)22(6)15-19-27(17-10-2)18-11-3/h12-15,20-21,23H,9-11,16-19H2,1-8H3/b14-13+,22-15-,24-12-,25-20-. The highest BCUT2D eigenvalue weighted by Gasteiger charge is 2.07. The monoisotopic (exact) mass is 375 g/mol. The van der Waals surface area contributed by atoms with Crippen LogP contribution in [0.5, 0.6) is 0 Å². The summed E-state index contributed by atoms with van der Waals surface area (Å²) < 4.78 is 0. The Bertz CT molecular complexity index is 482. The van der Waals surface area contributed by atoms with Crippen LogP contribution >= 0.6 is 0 Å². The number of rotatable bonds is 14. The maximum absolute atomic E-state index is 4.54. The van der Waals surface area contributed by atoms with Crippen molar-refractivity contribution in [2.75, 3.05) is 33.2 Å². The van der Waals surface area contributed by atoms with E-state index >= 15 is 0 Å². The zero-order valence-corrected chi connectivity index (χ0v) is 19.3. The molecule has 2 atom stereocenters. The molecule has 0 heterocycles. The van der Waals surface area contributed by atoms with Gasteiger partial charge in [-0.1, -0.05) is 58.9 Å². The van der Waals surface area contributed by atoms with Gasteiger partial charge in [0.25, 0.3) is 0 Å². The van der Waals surface area contributed by atoms with E-state index < -0.39 is 0 Å². The molecular formula is C24H45N3. The van der Waals surface area contributed by atoms with Crippen molar-refractivity contribution in [3.63, 3.8) is 0 Å². The van der Waals surface area contributed by atoms with Crippen molar-refractivity contribution < 1.29 is 0 Å². The smallest absolute Gasteiger partial charge is 0.0354 e. The Hall–Kier alpha value is -1.35. The van der Waals surface area contributed by atoms with Crippen molar-refractivity contribution in [1.82, 2.24) is 9.91 Å². The Morgan fingerprint density at radius 2 is 1.56 bits per heavy atom. The lowest BCUT2D eigenvalue weighted by molar-refractivity contribution is 0.303. The summed E-state index contributed by atoms with van der Waals surface area (Å²) >= 11 is 0. The van der Waals surface area contributed by atoms with Gasteiger partial charge >= 0.3 is 0 Å². The maximum Gasteiger partial charge on any atom is 0.0354 e. The summed E-state index contributed by atoms with van der Waals surface area (Å²) in [5.41, 5.74) is 2.68. The Balaban J connectivity index is 4.81. The van der Waals surface area contributed by atoms with Crippen molar-refractivity contribution in [2.45, 2.75) is 67.7 Å². The Morgan fingerprint density at radius 3 is 2.07 bits per heavy atom. The quantitative estimate of drug-likeness (QED) is 0.206. The Labute approximate surface area is 169 Å². The van der Waals surface area contributed by atoms with Gasteiger partial charge < -0.3 is 5.01 Å². The van der Waals surface area contributed by atoms with Gasteiger partial charge in [0.1, 0.15) is 0 Å². The van der Waals surface area contributed by atoms with Crippen LogP contribution in [-0.4, -0.2) is 49.4 Å². The summed E-state index contributed by atoms with van der Waals surface area (Å²) in [6.45, 7) is 20.0. The number of hydrogen-bond acceptors (Lipinski definition) is 3. The normalized spacial score (nSPS) is 15.9. The topological polar surface area (TPSA) is 18.8 Å². The van der Waals surface area contributed by atoms with Crippen LogP contribution in [0.4, 0.5) is 0 Å². The van der Waals surface area contributed by atoms with Crippen molar-refractivity contribution in [1.29, 1.82) is 0 Å². The zero-order chi connectivity index (χ0) is 20.7. The molecule has 0 aliphatic heterocycles. The molecule has 156 valence electrons. The SMILES string of the molecule is C/C=C(/C=C/C(C)C(C)/C=N\N(C)CCC)C(\C)=C/CN(CCC)CCC. The molecule has 0 radical (unpaired) electrons. The van der Waals surface area contributed by atoms with Gasteiger partial charge in [0.05, 0.1) is 0 Å². The lowest BCUT2D eigenvalue weighted by Crippen LogP contribution is -2.25. The summed E-state index contributed by atoms with van der Waals surface area (Å²) in [6.07, 6.45) is 14.8. The van der Waals surface area contributed by atoms with Crippen molar-refractivity contribution in [3.05, 3.63) is 35.5 Å². The molecule has 0 saturated carbocycles. The minimum atomic E-state index is 0.424. The van der Waals surface area contributed by atoms with E-state index in [1.54, 1.807) is 0 Å². The minimum Gasteiger partial charge on any atom is -0.300 e. The van der Waals surface area contributed by atoms with Crippen LogP contribution in [0.3, 0.4) is 0 Å². The number of hydrogen-bond donors (Lipinski definition) is 0. The average molecular weight is 376 g/mol. The van der Waals surface area contributed by atoms with Crippen LogP contribution in [0.1, 0.15) is 67.7 Å². The molecule has 0 aliphatic carbocycles. The largest absolute Gasteiger partial charge is 0.300 e. The van der Waals surface area contributed by atoms with Crippen molar-refractivity contribution in [2.24, 2.45) is 16.9 Å². The molecular weight excluding hydrogens is 330 g/mol.